The Balaban J connectivity index is 1.31. The number of fused-ring (bicyclic) bond motifs is 4. The maximum absolute atomic E-state index is 4.38. The fourth-order valence-corrected chi connectivity index (χ4v) is 19.6. The van der Waals surface area contributed by atoms with E-state index in [-0.39, 0.29) is 17.5 Å². The van der Waals surface area contributed by atoms with Crippen LogP contribution in [-0.4, -0.2) is 37.0 Å². The van der Waals surface area contributed by atoms with Gasteiger partial charge in [0.15, 0.2) is 0 Å². The minimum atomic E-state index is -2.34. The Kier molecular flexibility index (Phi) is 3.61. The van der Waals surface area contributed by atoms with E-state index < -0.39 is 6.39 Å². The molecule has 13 rings (SSSR count). The number of nitrogens with zero attached hydrogens (tertiary/aromatic N) is 1. The van der Waals surface area contributed by atoms with Gasteiger partial charge in [-0.15, -0.1) is 0 Å². The quantitative estimate of drug-likeness (QED) is 0.233. The molecule has 0 aliphatic carbocycles. The van der Waals surface area contributed by atoms with Crippen LogP contribution in [0.25, 0.3) is 27.5 Å². The number of benzene rings is 5. The molecule has 44 heavy (non-hydrogen) atoms. The predicted molar refractivity (Wildman–Crippen MR) is 196 cm³/mol. The molecule has 0 spiro atoms. The summed E-state index contributed by atoms with van der Waals surface area (Å²) in [6, 6.07) is 37.6. The normalized spacial score (nSPS) is 22.2. The SMILES string of the molecule is CC1(C)c2cccc3c2B2c4c1cccc4C(C)(C)c1cc(P45(Nc6ccccc6)B6[B-]B4B65)c4c5ccccc5n-3c4c12. The fraction of sp³-hybridized carbons (Fsp3) is 0.167. The zero-order valence-electron chi connectivity index (χ0n) is 25.5. The van der Waals surface area contributed by atoms with E-state index >= 15 is 0 Å². The summed E-state index contributed by atoms with van der Waals surface area (Å²) in [6.45, 7) is 10.2. The first-order valence-corrected chi connectivity index (χ1v) is 18.8. The van der Waals surface area contributed by atoms with E-state index in [1.54, 1.807) is 27.2 Å². The molecule has 6 aromatic rings. The molecule has 4 fully saturated rings. The fourth-order valence-electron chi connectivity index (χ4n) is 11.4. The molecule has 5 aromatic carbocycles. The van der Waals surface area contributed by atoms with Gasteiger partial charge in [0.05, 0.1) is 0 Å². The third kappa shape index (κ3) is 2.07. The molecule has 204 valence electrons. The summed E-state index contributed by atoms with van der Waals surface area (Å²) in [5.74, 6) is 0. The van der Waals surface area contributed by atoms with Gasteiger partial charge in [-0.25, -0.2) is 0 Å². The molecule has 1 N–H and O–H groups in total. The van der Waals surface area contributed by atoms with Crippen LogP contribution in [0, 0.1) is 0 Å². The van der Waals surface area contributed by atoms with Gasteiger partial charge < -0.3 is 0 Å². The summed E-state index contributed by atoms with van der Waals surface area (Å²) in [5.41, 5.74) is 16.2. The first kappa shape index (κ1) is 23.8. The number of rotatable bonds is 3. The second-order valence-electron chi connectivity index (χ2n) is 15.6. The molecule has 8 heterocycles. The number of hydrogen-bond acceptors (Lipinski definition) is 1. The van der Waals surface area contributed by atoms with Crippen LogP contribution < -0.4 is 26.8 Å². The van der Waals surface area contributed by atoms with Crippen LogP contribution in [0.4, 0.5) is 5.69 Å². The van der Waals surface area contributed by atoms with Gasteiger partial charge in [-0.3, -0.25) is 0 Å². The van der Waals surface area contributed by atoms with Crippen LogP contribution >= 0.6 is 6.39 Å². The Morgan fingerprint density at radius 3 is 2.02 bits per heavy atom. The van der Waals surface area contributed by atoms with E-state index in [1.165, 1.54) is 49.9 Å². The number of para-hydroxylation sites is 2. The van der Waals surface area contributed by atoms with Crippen molar-refractivity contribution < 1.29 is 0 Å². The molecule has 7 aliphatic rings. The Morgan fingerprint density at radius 2 is 1.32 bits per heavy atom. The molecule has 0 unspecified atom stereocenters. The number of hydrogen-bond donors (Lipinski definition) is 1. The van der Waals surface area contributed by atoms with Crippen molar-refractivity contribution in [2.45, 2.75) is 38.5 Å². The molecule has 7 aliphatic heterocycles. The molecule has 2 radical (unpaired) electrons. The average molecular weight is 575 g/mol. The molecule has 0 saturated carbocycles. The second-order valence-corrected chi connectivity index (χ2v) is 20.8. The molecule has 8 heteroatoms. The number of aromatic nitrogens is 1. The van der Waals surface area contributed by atoms with Gasteiger partial charge >= 0.3 is 261 Å². The van der Waals surface area contributed by atoms with Gasteiger partial charge in [0, 0.05) is 0 Å². The van der Waals surface area contributed by atoms with Crippen molar-refractivity contribution in [2.75, 3.05) is 5.09 Å². The van der Waals surface area contributed by atoms with Crippen LogP contribution in [0.5, 0.6) is 0 Å². The van der Waals surface area contributed by atoms with E-state index in [0.29, 0.717) is 0 Å². The maximum atomic E-state index is 4.38. The molecule has 1 aromatic heterocycles. The summed E-state index contributed by atoms with van der Waals surface area (Å²) >= 11 is 0. The average Bonchev–Trinajstić information content (AvgIpc) is 3.59. The molecule has 4 saturated heterocycles. The van der Waals surface area contributed by atoms with Crippen LogP contribution in [0.1, 0.15) is 49.9 Å². The Bertz CT molecular complexity index is 2390. The van der Waals surface area contributed by atoms with Gasteiger partial charge in [0.25, 0.3) is 0 Å². The summed E-state index contributed by atoms with van der Waals surface area (Å²) in [7, 11) is 2.67. The van der Waals surface area contributed by atoms with E-state index in [1.807, 2.05) is 0 Å². The summed E-state index contributed by atoms with van der Waals surface area (Å²) in [5, 5.41) is 9.03. The van der Waals surface area contributed by atoms with Crippen molar-refractivity contribution >= 4 is 88.0 Å². The van der Waals surface area contributed by atoms with E-state index in [4.69, 9.17) is 0 Å². The zero-order chi connectivity index (χ0) is 29.1. The number of nitrogens with one attached hydrogen (secondary N) is 1. The van der Waals surface area contributed by atoms with Crippen molar-refractivity contribution in [3.8, 4) is 5.69 Å². The van der Waals surface area contributed by atoms with Gasteiger partial charge in [0.1, 0.15) is 0 Å². The van der Waals surface area contributed by atoms with E-state index in [2.05, 4.69) is 141 Å². The zero-order valence-corrected chi connectivity index (χ0v) is 26.4. The van der Waals surface area contributed by atoms with E-state index in [9.17, 15) is 0 Å². The van der Waals surface area contributed by atoms with Crippen LogP contribution in [0.2, 0.25) is 0 Å². The van der Waals surface area contributed by atoms with Crippen molar-refractivity contribution in [1.29, 1.82) is 0 Å². The van der Waals surface area contributed by atoms with Crippen molar-refractivity contribution in [1.82, 2.24) is 4.57 Å². The van der Waals surface area contributed by atoms with Crippen LogP contribution in [0.3, 0.4) is 0 Å². The first-order valence-electron chi connectivity index (χ1n) is 16.4. The molecule has 0 amide bonds. The second kappa shape index (κ2) is 6.68. The Morgan fingerprint density at radius 1 is 0.682 bits per heavy atom. The molecule has 2 nitrogen and oxygen atoms in total. The van der Waals surface area contributed by atoms with Gasteiger partial charge in [0.2, 0.25) is 0 Å². The van der Waals surface area contributed by atoms with Crippen molar-refractivity contribution in [2.24, 2.45) is 0 Å². The van der Waals surface area contributed by atoms with Crippen LogP contribution in [0.15, 0.2) is 97.1 Å². The third-order valence-corrected chi connectivity index (χ3v) is 20.5. The number of anilines is 1. The summed E-state index contributed by atoms with van der Waals surface area (Å²) in [4.78, 5) is 0. The van der Waals surface area contributed by atoms with Gasteiger partial charge in [-0.05, 0) is 0 Å². The molecule has 0 atom stereocenters. The summed E-state index contributed by atoms with van der Waals surface area (Å²) in [6.07, 6.45) is -0.0414. The monoisotopic (exact) mass is 575 g/mol. The van der Waals surface area contributed by atoms with Gasteiger partial charge in [-0.2, -0.15) is 0 Å². The third-order valence-electron chi connectivity index (χ3n) is 13.5. The topological polar surface area (TPSA) is 17.0 Å². The van der Waals surface area contributed by atoms with E-state index in [0.717, 1.165) is 18.6 Å². The van der Waals surface area contributed by atoms with Crippen LogP contribution in [-0.2, 0) is 10.8 Å². The summed E-state index contributed by atoms with van der Waals surface area (Å²) < 4.78 is 2.70. The molecule has 2 bridgehead atoms. The van der Waals surface area contributed by atoms with Crippen molar-refractivity contribution in [3.05, 3.63) is 119 Å². The molecular formula is C36H29B5N2P-. The Labute approximate surface area is 260 Å². The minimum absolute atomic E-state index is 0.0538. The predicted octanol–water partition coefficient (Wildman–Crippen LogP) is 4.97. The molecular weight excluding hydrogens is 545 g/mol. The standard InChI is InChI=1S/C36H29B5N2P/c1-35(2)23-15-10-16-24-31(23)38-32-25(35)17-11-19-28(32)43-27-18-9-8-14-22(27)30-29(20-26(36(24,3)4)33(38)34(30)43)44(39-37-40(44)41(39)44)42-21-12-6-5-7-13-21/h5-20,42H,1-4H3/q-1. The Hall–Kier alpha value is -3.55. The van der Waals surface area contributed by atoms with Crippen molar-refractivity contribution in [3.63, 3.8) is 0 Å². The first-order chi connectivity index (χ1) is 21.3. The van der Waals surface area contributed by atoms with Gasteiger partial charge in [-0.1, -0.05) is 0 Å².